The van der Waals surface area contributed by atoms with Crippen LogP contribution >= 0.6 is 23.1 Å². The molecule has 1 aliphatic rings. The van der Waals surface area contributed by atoms with Crippen molar-refractivity contribution >= 4 is 29.3 Å². The van der Waals surface area contributed by atoms with Gasteiger partial charge in [0.15, 0.2) is 5.83 Å². The Morgan fingerprint density at radius 1 is 1.50 bits per heavy atom. The monoisotopic (exact) mass is 322 g/mol. The normalized spacial score (nSPS) is 14.8. The van der Waals surface area contributed by atoms with Gasteiger partial charge in [0.25, 0.3) is 0 Å². The van der Waals surface area contributed by atoms with Crippen LogP contribution in [0.1, 0.15) is 24.1 Å². The topological polar surface area (TPSA) is 34.5 Å². The summed E-state index contributed by atoms with van der Waals surface area (Å²) in [7, 11) is 0. The molecule has 1 heterocycles. The average molecular weight is 322 g/mol. The third-order valence-electron chi connectivity index (χ3n) is 2.52. The molecule has 3 nitrogen and oxygen atoms in total. The Hall–Kier alpha value is -1.02. The van der Waals surface area contributed by atoms with E-state index in [0.717, 1.165) is 4.88 Å². The lowest BCUT2D eigenvalue weighted by molar-refractivity contribution is 0.135. The average Bonchev–Trinajstić information content (AvgIpc) is 3.14. The quantitative estimate of drug-likeness (QED) is 0.402. The molecule has 0 atom stereocenters. The van der Waals surface area contributed by atoms with Crippen LogP contribution in [-0.4, -0.2) is 23.6 Å². The van der Waals surface area contributed by atoms with Gasteiger partial charge in [0, 0.05) is 18.4 Å². The zero-order chi connectivity index (χ0) is 14.4. The van der Waals surface area contributed by atoms with Crippen molar-refractivity contribution in [1.29, 1.82) is 0 Å². The number of oxime groups is 1. The van der Waals surface area contributed by atoms with E-state index in [0.29, 0.717) is 16.9 Å². The molecule has 1 aromatic rings. The fourth-order valence-electron chi connectivity index (χ4n) is 1.24. The van der Waals surface area contributed by atoms with Gasteiger partial charge in [0.05, 0.1) is 11.1 Å². The van der Waals surface area contributed by atoms with Crippen LogP contribution in [0, 0.1) is 5.92 Å². The first-order valence-electron chi connectivity index (χ1n) is 6.08. The van der Waals surface area contributed by atoms with Crippen molar-refractivity contribution in [1.82, 2.24) is 4.98 Å². The Kier molecular flexibility index (Phi) is 5.90. The number of allylic oxidation sites excluding steroid dienone is 1. The van der Waals surface area contributed by atoms with Gasteiger partial charge in [-0.1, -0.05) is 16.9 Å². The van der Waals surface area contributed by atoms with Gasteiger partial charge in [0.1, 0.15) is 10.9 Å². The highest BCUT2D eigenvalue weighted by atomic mass is 32.2. The zero-order valence-corrected chi connectivity index (χ0v) is 12.2. The summed E-state index contributed by atoms with van der Waals surface area (Å²) in [5.41, 5.74) is 0. The molecule has 1 aromatic heterocycles. The first-order chi connectivity index (χ1) is 9.65. The number of hydrogen-bond acceptors (Lipinski definition) is 5. The summed E-state index contributed by atoms with van der Waals surface area (Å²) in [5, 5.41) is 3.84. The van der Waals surface area contributed by atoms with Gasteiger partial charge in [-0.25, -0.2) is 9.37 Å². The molecule has 0 amide bonds. The molecular formula is C12H13F3N2OS2. The Morgan fingerprint density at radius 2 is 2.30 bits per heavy atom. The maximum absolute atomic E-state index is 12.6. The highest BCUT2D eigenvalue weighted by molar-refractivity contribution is 8.01. The van der Waals surface area contributed by atoms with Crippen molar-refractivity contribution in [3.05, 3.63) is 23.0 Å². The van der Waals surface area contributed by atoms with Crippen molar-refractivity contribution in [2.24, 2.45) is 11.1 Å². The van der Waals surface area contributed by atoms with Crippen LogP contribution in [-0.2, 0) is 4.84 Å². The lowest BCUT2D eigenvalue weighted by atomic mass is 10.4. The lowest BCUT2D eigenvalue weighted by Crippen LogP contribution is -1.89. The molecule has 0 radical (unpaired) electrons. The number of thiazole rings is 1. The van der Waals surface area contributed by atoms with Crippen LogP contribution < -0.4 is 0 Å². The molecule has 20 heavy (non-hydrogen) atoms. The van der Waals surface area contributed by atoms with Crippen LogP contribution in [0.2, 0.25) is 0 Å². The van der Waals surface area contributed by atoms with Crippen LogP contribution in [0.4, 0.5) is 13.2 Å². The highest BCUT2D eigenvalue weighted by Gasteiger charge is 2.21. The molecule has 0 aromatic carbocycles. The Bertz CT molecular complexity index is 497. The summed E-state index contributed by atoms with van der Waals surface area (Å²) in [4.78, 5) is 10.0. The van der Waals surface area contributed by atoms with Gasteiger partial charge in [-0.15, -0.1) is 11.3 Å². The Labute approximate surface area is 122 Å². The van der Waals surface area contributed by atoms with Crippen LogP contribution in [0.15, 0.2) is 27.6 Å². The van der Waals surface area contributed by atoms with Gasteiger partial charge >= 0.3 is 6.08 Å². The fraction of sp³-hybridized carbons (Fsp3) is 0.500. The molecule has 0 bridgehead atoms. The largest absolute Gasteiger partial charge is 0.395 e. The molecule has 0 N–H and O–H groups in total. The van der Waals surface area contributed by atoms with E-state index in [-0.39, 0.29) is 12.2 Å². The minimum atomic E-state index is -2.25. The molecule has 110 valence electrons. The van der Waals surface area contributed by atoms with Crippen molar-refractivity contribution in [3.63, 3.8) is 0 Å². The molecule has 1 saturated carbocycles. The van der Waals surface area contributed by atoms with Crippen molar-refractivity contribution in [3.8, 4) is 0 Å². The third-order valence-corrected chi connectivity index (χ3v) is 4.61. The second-order valence-corrected chi connectivity index (χ2v) is 6.67. The van der Waals surface area contributed by atoms with Crippen LogP contribution in [0.3, 0.4) is 0 Å². The number of rotatable bonds is 8. The lowest BCUT2D eigenvalue weighted by Gasteiger charge is -1.95. The molecule has 0 saturated heterocycles. The van der Waals surface area contributed by atoms with Gasteiger partial charge in [-0.2, -0.15) is 8.78 Å². The summed E-state index contributed by atoms with van der Waals surface area (Å²) in [6, 6.07) is 0. The van der Waals surface area contributed by atoms with Gasteiger partial charge < -0.3 is 4.84 Å². The van der Waals surface area contributed by atoms with Crippen molar-refractivity contribution in [2.45, 2.75) is 23.6 Å². The predicted molar refractivity (Wildman–Crippen MR) is 74.1 cm³/mol. The minimum absolute atomic E-state index is 0.228. The molecule has 0 spiro atoms. The van der Waals surface area contributed by atoms with E-state index in [1.807, 2.05) is 0 Å². The van der Waals surface area contributed by atoms with Crippen molar-refractivity contribution in [2.75, 3.05) is 12.4 Å². The molecule has 0 unspecified atom stereocenters. The van der Waals surface area contributed by atoms with Crippen LogP contribution in [0.25, 0.3) is 0 Å². The zero-order valence-electron chi connectivity index (χ0n) is 10.5. The standard InChI is InChI=1S/C12H13F3N2OS2/c13-10(11(14)15)3-4-19-12-16-5-9(20-12)6-17-18-7-8-1-2-8/h5-6,8H,1-4,7H2. The maximum Gasteiger partial charge on any atom is 0.301 e. The summed E-state index contributed by atoms with van der Waals surface area (Å²) >= 11 is 2.60. The second kappa shape index (κ2) is 7.68. The number of aromatic nitrogens is 1. The summed E-state index contributed by atoms with van der Waals surface area (Å²) in [5.74, 6) is -0.478. The SMILES string of the molecule is FC(F)=C(F)CCSc1ncc(C=NOCC2CC2)s1. The van der Waals surface area contributed by atoms with Gasteiger partial charge in [-0.3, -0.25) is 0 Å². The van der Waals surface area contributed by atoms with E-state index in [9.17, 15) is 13.2 Å². The number of thioether (sulfide) groups is 1. The number of nitrogens with zero attached hydrogens (tertiary/aromatic N) is 2. The number of halogens is 3. The molecular weight excluding hydrogens is 309 g/mol. The van der Waals surface area contributed by atoms with E-state index < -0.39 is 11.9 Å². The first-order valence-corrected chi connectivity index (χ1v) is 7.89. The first kappa shape index (κ1) is 15.4. The van der Waals surface area contributed by atoms with Gasteiger partial charge in [-0.05, 0) is 18.8 Å². The summed E-state index contributed by atoms with van der Waals surface area (Å²) in [6.45, 7) is 0.650. The molecule has 8 heteroatoms. The summed E-state index contributed by atoms with van der Waals surface area (Å²) in [6.07, 6.45) is 3.08. The Morgan fingerprint density at radius 3 is 3.00 bits per heavy atom. The second-order valence-electron chi connectivity index (χ2n) is 4.27. The number of hydrogen-bond donors (Lipinski definition) is 0. The van der Waals surface area contributed by atoms with E-state index in [2.05, 4.69) is 10.1 Å². The predicted octanol–water partition coefficient (Wildman–Crippen LogP) is 4.46. The van der Waals surface area contributed by atoms with E-state index in [4.69, 9.17) is 4.84 Å². The van der Waals surface area contributed by atoms with Crippen LogP contribution in [0.5, 0.6) is 0 Å². The van der Waals surface area contributed by atoms with E-state index in [1.165, 1.54) is 35.9 Å². The maximum atomic E-state index is 12.6. The highest BCUT2D eigenvalue weighted by Crippen LogP contribution is 2.29. The third kappa shape index (κ3) is 5.54. The molecule has 1 fully saturated rings. The van der Waals surface area contributed by atoms with E-state index in [1.54, 1.807) is 12.4 Å². The van der Waals surface area contributed by atoms with E-state index >= 15 is 0 Å². The van der Waals surface area contributed by atoms with Gasteiger partial charge in [0.2, 0.25) is 0 Å². The molecule has 0 aliphatic heterocycles. The Balaban J connectivity index is 1.69. The van der Waals surface area contributed by atoms with Crippen molar-refractivity contribution < 1.29 is 18.0 Å². The molecule has 2 rings (SSSR count). The smallest absolute Gasteiger partial charge is 0.301 e. The fourth-order valence-corrected chi connectivity index (χ4v) is 3.11. The summed E-state index contributed by atoms with van der Waals surface area (Å²) < 4.78 is 37.0. The minimum Gasteiger partial charge on any atom is -0.395 e. The molecule has 1 aliphatic carbocycles.